The maximum absolute atomic E-state index is 13.0. The van der Waals surface area contributed by atoms with Gasteiger partial charge in [0.05, 0.1) is 16.6 Å². The number of nitrogens with zero attached hydrogens (tertiary/aromatic N) is 2. The highest BCUT2D eigenvalue weighted by Crippen LogP contribution is 2.37. The Morgan fingerprint density at radius 2 is 1.90 bits per heavy atom. The van der Waals surface area contributed by atoms with Crippen LogP contribution in [0.25, 0.3) is 10.9 Å². The van der Waals surface area contributed by atoms with Crippen LogP contribution >= 0.6 is 11.3 Å². The van der Waals surface area contributed by atoms with E-state index in [1.54, 1.807) is 0 Å². The van der Waals surface area contributed by atoms with Crippen LogP contribution in [0.2, 0.25) is 0 Å². The van der Waals surface area contributed by atoms with E-state index in [9.17, 15) is 14.9 Å². The molecule has 3 aromatic rings. The minimum Gasteiger partial charge on any atom is -0.452 e. The van der Waals surface area contributed by atoms with Gasteiger partial charge in [0.1, 0.15) is 11.1 Å². The number of nitrogens with one attached hydrogen (secondary N) is 1. The molecule has 0 atom stereocenters. The Hall–Kier alpha value is -3.24. The largest absolute Gasteiger partial charge is 0.452 e. The average molecular weight is 432 g/mol. The fourth-order valence-corrected chi connectivity index (χ4v) is 5.84. The maximum atomic E-state index is 13.0. The van der Waals surface area contributed by atoms with Crippen molar-refractivity contribution in [3.8, 4) is 6.07 Å². The van der Waals surface area contributed by atoms with Gasteiger partial charge in [-0.3, -0.25) is 9.78 Å². The van der Waals surface area contributed by atoms with Gasteiger partial charge in [-0.05, 0) is 62.1 Å². The van der Waals surface area contributed by atoms with E-state index < -0.39 is 18.5 Å². The van der Waals surface area contributed by atoms with Crippen LogP contribution in [0.4, 0.5) is 5.00 Å². The molecule has 31 heavy (non-hydrogen) atoms. The topological polar surface area (TPSA) is 92.1 Å². The first kappa shape index (κ1) is 19.7. The fraction of sp³-hybridized carbons (Fsp3) is 0.333. The summed E-state index contributed by atoms with van der Waals surface area (Å²) in [5, 5.41) is 13.6. The van der Waals surface area contributed by atoms with Gasteiger partial charge in [0.2, 0.25) is 0 Å². The summed E-state index contributed by atoms with van der Waals surface area (Å²) in [5.41, 5.74) is 4.78. The molecule has 2 aromatic heterocycles. The number of hydrogen-bond donors (Lipinski definition) is 1. The van der Waals surface area contributed by atoms with Crippen LogP contribution in [-0.4, -0.2) is 23.5 Å². The molecule has 0 unspecified atom stereocenters. The predicted molar refractivity (Wildman–Crippen MR) is 118 cm³/mol. The number of nitriles is 1. The lowest BCUT2D eigenvalue weighted by Crippen LogP contribution is -2.21. The molecular formula is C24H21N3O3S. The van der Waals surface area contributed by atoms with Gasteiger partial charge in [-0.15, -0.1) is 11.3 Å². The van der Waals surface area contributed by atoms with E-state index in [1.165, 1.54) is 16.2 Å². The van der Waals surface area contributed by atoms with Crippen LogP contribution in [0.1, 0.15) is 56.9 Å². The second kappa shape index (κ2) is 8.12. The molecule has 1 aromatic carbocycles. The SMILES string of the molecule is N#Cc1c(NC(=O)COC(=O)c2c3c(nc4ccccc24)CCC3)sc2c1CCCC2. The molecule has 5 rings (SSSR count). The number of amides is 1. The van der Waals surface area contributed by atoms with E-state index in [0.717, 1.165) is 72.7 Å². The van der Waals surface area contributed by atoms with Crippen molar-refractivity contribution < 1.29 is 14.3 Å². The molecule has 156 valence electrons. The summed E-state index contributed by atoms with van der Waals surface area (Å²) in [6.07, 6.45) is 6.58. The van der Waals surface area contributed by atoms with E-state index in [0.29, 0.717) is 16.1 Å². The van der Waals surface area contributed by atoms with Crippen molar-refractivity contribution in [1.82, 2.24) is 4.98 Å². The number of rotatable bonds is 4. The number of thiophene rings is 1. The first-order chi connectivity index (χ1) is 15.2. The third-order valence-corrected chi connectivity index (χ3v) is 7.20. The van der Waals surface area contributed by atoms with Gasteiger partial charge in [0.25, 0.3) is 5.91 Å². The normalized spacial score (nSPS) is 14.5. The quantitative estimate of drug-likeness (QED) is 0.621. The standard InChI is InChI=1S/C24H21N3O3S/c25-12-17-14-6-2-4-11-20(14)31-23(17)27-21(28)13-30-24(29)22-15-7-1-3-9-18(15)26-19-10-5-8-16(19)22/h1,3,7,9H,2,4-6,8,10-11,13H2,(H,27,28). The molecule has 0 radical (unpaired) electrons. The molecule has 2 aliphatic rings. The summed E-state index contributed by atoms with van der Waals surface area (Å²) >= 11 is 1.46. The molecule has 0 saturated carbocycles. The molecule has 0 fully saturated rings. The lowest BCUT2D eigenvalue weighted by atomic mass is 9.96. The second-order valence-electron chi connectivity index (χ2n) is 7.93. The second-order valence-corrected chi connectivity index (χ2v) is 9.04. The number of pyridine rings is 1. The summed E-state index contributed by atoms with van der Waals surface area (Å²) in [6.45, 7) is -0.391. The monoisotopic (exact) mass is 431 g/mol. The highest BCUT2D eigenvalue weighted by atomic mass is 32.1. The van der Waals surface area contributed by atoms with E-state index >= 15 is 0 Å². The third-order valence-electron chi connectivity index (χ3n) is 5.99. The highest BCUT2D eigenvalue weighted by molar-refractivity contribution is 7.16. The fourth-order valence-electron chi connectivity index (χ4n) is 4.58. The molecule has 7 heteroatoms. The van der Waals surface area contributed by atoms with Crippen LogP contribution in [0, 0.1) is 11.3 Å². The molecular weight excluding hydrogens is 410 g/mol. The number of anilines is 1. The van der Waals surface area contributed by atoms with E-state index in [2.05, 4.69) is 16.4 Å². The zero-order chi connectivity index (χ0) is 21.4. The third kappa shape index (κ3) is 3.57. The molecule has 0 aliphatic heterocycles. The first-order valence-corrected chi connectivity index (χ1v) is 11.4. The van der Waals surface area contributed by atoms with Crippen LogP contribution in [0.5, 0.6) is 0 Å². The predicted octanol–water partition coefficient (Wildman–Crippen LogP) is 4.33. The Kier molecular flexibility index (Phi) is 5.16. The number of carbonyl (C=O) groups excluding carboxylic acids is 2. The summed E-state index contributed by atoms with van der Waals surface area (Å²) in [5.74, 6) is -0.934. The van der Waals surface area contributed by atoms with Gasteiger partial charge < -0.3 is 10.1 Å². The number of esters is 1. The number of benzene rings is 1. The molecule has 6 nitrogen and oxygen atoms in total. The van der Waals surface area contributed by atoms with Crippen molar-refractivity contribution in [2.24, 2.45) is 0 Å². The Labute approximate surface area is 183 Å². The van der Waals surface area contributed by atoms with E-state index in [4.69, 9.17) is 4.74 Å². The molecule has 0 saturated heterocycles. The number of fused-ring (bicyclic) bond motifs is 3. The minimum atomic E-state index is -0.502. The Balaban J connectivity index is 1.34. The highest BCUT2D eigenvalue weighted by Gasteiger charge is 2.26. The summed E-state index contributed by atoms with van der Waals surface area (Å²) in [4.78, 5) is 31.4. The number of aryl methyl sites for hydroxylation is 2. The van der Waals surface area contributed by atoms with Gasteiger partial charge in [-0.25, -0.2) is 4.79 Å². The number of para-hydroxylation sites is 1. The molecule has 0 bridgehead atoms. The lowest BCUT2D eigenvalue weighted by Gasteiger charge is -2.12. The number of hydrogen-bond acceptors (Lipinski definition) is 6. The summed E-state index contributed by atoms with van der Waals surface area (Å²) in [6, 6.07) is 9.75. The van der Waals surface area contributed by atoms with Crippen LogP contribution in [0.15, 0.2) is 24.3 Å². The smallest absolute Gasteiger partial charge is 0.339 e. The zero-order valence-corrected chi connectivity index (χ0v) is 17.8. The van der Waals surface area contributed by atoms with Crippen molar-refractivity contribution >= 4 is 39.1 Å². The summed E-state index contributed by atoms with van der Waals surface area (Å²) < 4.78 is 5.41. The van der Waals surface area contributed by atoms with Crippen molar-refractivity contribution in [2.45, 2.75) is 44.9 Å². The Morgan fingerprint density at radius 3 is 2.77 bits per heavy atom. The number of aromatic nitrogens is 1. The number of carbonyl (C=O) groups is 2. The molecule has 2 aliphatic carbocycles. The van der Waals surface area contributed by atoms with Crippen LogP contribution < -0.4 is 5.32 Å². The van der Waals surface area contributed by atoms with Crippen molar-refractivity contribution in [3.63, 3.8) is 0 Å². The van der Waals surface area contributed by atoms with E-state index in [1.807, 2.05) is 24.3 Å². The molecule has 0 spiro atoms. The average Bonchev–Trinajstić information content (AvgIpc) is 3.39. The van der Waals surface area contributed by atoms with E-state index in [-0.39, 0.29) is 0 Å². The van der Waals surface area contributed by atoms with Gasteiger partial charge in [0.15, 0.2) is 6.61 Å². The summed E-state index contributed by atoms with van der Waals surface area (Å²) in [7, 11) is 0. The van der Waals surface area contributed by atoms with Crippen molar-refractivity contribution in [1.29, 1.82) is 5.26 Å². The van der Waals surface area contributed by atoms with Gasteiger partial charge in [-0.2, -0.15) is 5.26 Å². The lowest BCUT2D eigenvalue weighted by molar-refractivity contribution is -0.119. The molecule has 1 amide bonds. The van der Waals surface area contributed by atoms with Crippen LogP contribution in [0.3, 0.4) is 0 Å². The molecule has 2 heterocycles. The van der Waals surface area contributed by atoms with Crippen molar-refractivity contribution in [2.75, 3.05) is 11.9 Å². The Morgan fingerprint density at radius 1 is 1.10 bits per heavy atom. The maximum Gasteiger partial charge on any atom is 0.339 e. The molecule has 1 N–H and O–H groups in total. The van der Waals surface area contributed by atoms with Gasteiger partial charge >= 0.3 is 5.97 Å². The van der Waals surface area contributed by atoms with Crippen LogP contribution in [-0.2, 0) is 35.2 Å². The first-order valence-electron chi connectivity index (χ1n) is 10.6. The minimum absolute atomic E-state index is 0.391. The van der Waals surface area contributed by atoms with Gasteiger partial charge in [-0.1, -0.05) is 18.2 Å². The Bertz CT molecular complexity index is 1260. The van der Waals surface area contributed by atoms with Gasteiger partial charge in [0, 0.05) is 16.0 Å². The zero-order valence-electron chi connectivity index (χ0n) is 17.0. The number of ether oxygens (including phenoxy) is 1. The van der Waals surface area contributed by atoms with Crippen molar-refractivity contribution in [3.05, 3.63) is 57.1 Å².